The smallest absolute Gasteiger partial charge is 0.405 e. The predicted molar refractivity (Wildman–Crippen MR) is 116 cm³/mol. The van der Waals surface area contributed by atoms with Gasteiger partial charge >= 0.3 is 17.6 Å². The van der Waals surface area contributed by atoms with Crippen LogP contribution in [0.4, 0.5) is 5.69 Å². The number of pyridine rings is 1. The Labute approximate surface area is 180 Å². The Bertz CT molecular complexity index is 1170. The van der Waals surface area contributed by atoms with E-state index in [2.05, 4.69) is 0 Å². The molecule has 0 aliphatic heterocycles. The number of hydrogen-bond acceptors (Lipinski definition) is 6. The minimum Gasteiger partial charge on any atom is -0.465 e. The number of nitrogens with zero attached hydrogens (tertiary/aromatic N) is 2. The van der Waals surface area contributed by atoms with E-state index in [1.54, 1.807) is 48.8 Å². The molecule has 0 unspecified atom stereocenters. The molecule has 31 heavy (non-hydrogen) atoms. The van der Waals surface area contributed by atoms with Crippen LogP contribution in [0.15, 0.2) is 72.6 Å². The first-order valence-electron chi connectivity index (χ1n) is 9.51. The Balaban J connectivity index is 2.28. The zero-order valence-electron chi connectivity index (χ0n) is 17.8. The van der Waals surface area contributed by atoms with Crippen molar-refractivity contribution < 1.29 is 28.4 Å². The Morgan fingerprint density at radius 3 is 2.03 bits per heavy atom. The van der Waals surface area contributed by atoms with E-state index in [0.29, 0.717) is 5.39 Å². The third-order valence-corrected chi connectivity index (χ3v) is 4.85. The SMILES string of the molecule is COC(=O)/C(C(=O)c1cccc2ccccc12)=C(/C(=O)OC)[n+]1ccc(N(C)C)cc1. The van der Waals surface area contributed by atoms with Gasteiger partial charge in [0.1, 0.15) is 0 Å². The van der Waals surface area contributed by atoms with Crippen molar-refractivity contribution in [2.45, 2.75) is 0 Å². The summed E-state index contributed by atoms with van der Waals surface area (Å²) in [5.41, 5.74) is 0.525. The van der Waals surface area contributed by atoms with Crippen LogP contribution in [0.2, 0.25) is 0 Å². The number of carbonyl (C=O) groups is 3. The Hall–Kier alpha value is -4.00. The van der Waals surface area contributed by atoms with E-state index in [1.165, 1.54) is 11.7 Å². The van der Waals surface area contributed by atoms with Gasteiger partial charge in [-0.25, -0.2) is 9.59 Å². The molecule has 7 nitrogen and oxygen atoms in total. The maximum Gasteiger partial charge on any atom is 0.405 e. The summed E-state index contributed by atoms with van der Waals surface area (Å²) in [6.07, 6.45) is 3.17. The Kier molecular flexibility index (Phi) is 6.45. The molecule has 0 saturated carbocycles. The summed E-state index contributed by atoms with van der Waals surface area (Å²) >= 11 is 0. The predicted octanol–water partition coefficient (Wildman–Crippen LogP) is 2.63. The number of ketones is 1. The first kappa shape index (κ1) is 21.7. The fraction of sp³-hybridized carbons (Fsp3) is 0.167. The molecule has 1 heterocycles. The van der Waals surface area contributed by atoms with E-state index in [1.807, 2.05) is 37.2 Å². The number of rotatable bonds is 6. The summed E-state index contributed by atoms with van der Waals surface area (Å²) in [4.78, 5) is 40.9. The number of benzene rings is 2. The average Bonchev–Trinajstić information content (AvgIpc) is 2.80. The average molecular weight is 419 g/mol. The van der Waals surface area contributed by atoms with Crippen molar-refractivity contribution in [2.24, 2.45) is 0 Å². The van der Waals surface area contributed by atoms with Crippen LogP contribution in [0, 0.1) is 0 Å². The molecule has 3 aromatic rings. The molecule has 0 spiro atoms. The molecule has 0 amide bonds. The van der Waals surface area contributed by atoms with Crippen molar-refractivity contribution in [3.63, 3.8) is 0 Å². The molecular formula is C24H23N2O5+. The van der Waals surface area contributed by atoms with Crippen LogP contribution in [0.3, 0.4) is 0 Å². The fourth-order valence-electron chi connectivity index (χ4n) is 3.26. The second-order valence-electron chi connectivity index (χ2n) is 6.92. The Morgan fingerprint density at radius 2 is 1.42 bits per heavy atom. The quantitative estimate of drug-likeness (QED) is 0.153. The van der Waals surface area contributed by atoms with Crippen molar-refractivity contribution >= 4 is 39.9 Å². The topological polar surface area (TPSA) is 76.8 Å². The maximum absolute atomic E-state index is 13.6. The lowest BCUT2D eigenvalue weighted by Gasteiger charge is -2.12. The molecule has 0 aliphatic rings. The number of Topliss-reactive ketones (excluding diaryl/α,β-unsaturated/α-hetero) is 1. The largest absolute Gasteiger partial charge is 0.465 e. The number of aromatic nitrogens is 1. The number of methoxy groups -OCH3 is 2. The van der Waals surface area contributed by atoms with E-state index in [-0.39, 0.29) is 11.3 Å². The number of ether oxygens (including phenoxy) is 2. The van der Waals surface area contributed by atoms with Crippen molar-refractivity contribution in [1.82, 2.24) is 0 Å². The molecule has 3 rings (SSSR count). The molecule has 0 saturated heterocycles. The van der Waals surface area contributed by atoms with Crippen LogP contribution < -0.4 is 9.47 Å². The van der Waals surface area contributed by atoms with Crippen LogP contribution in [-0.2, 0) is 19.1 Å². The van der Waals surface area contributed by atoms with Gasteiger partial charge in [-0.05, 0) is 10.8 Å². The van der Waals surface area contributed by atoms with Gasteiger partial charge in [0.25, 0.3) is 0 Å². The molecule has 0 atom stereocenters. The highest BCUT2D eigenvalue weighted by Crippen LogP contribution is 2.24. The molecule has 0 aliphatic carbocycles. The highest BCUT2D eigenvalue weighted by atomic mass is 16.5. The van der Waals surface area contributed by atoms with Gasteiger partial charge < -0.3 is 14.4 Å². The van der Waals surface area contributed by atoms with Gasteiger partial charge in [-0.2, -0.15) is 4.57 Å². The standard InChI is InChI=1S/C24H23N2O5/c1-25(2)17-12-14-26(15-13-17)21(24(29)31-4)20(23(28)30-3)22(27)19-11-7-9-16-8-5-6-10-18(16)19/h5-15H,1-4H3/q+1/b21-20-. The summed E-state index contributed by atoms with van der Waals surface area (Å²) < 4.78 is 11.2. The zero-order chi connectivity index (χ0) is 22.5. The van der Waals surface area contributed by atoms with E-state index in [9.17, 15) is 14.4 Å². The van der Waals surface area contributed by atoms with Gasteiger partial charge in [-0.1, -0.05) is 42.5 Å². The minimum absolute atomic E-state index is 0.224. The molecule has 7 heteroatoms. The first-order chi connectivity index (χ1) is 14.9. The van der Waals surface area contributed by atoms with Gasteiger partial charge in [0, 0.05) is 37.5 Å². The van der Waals surface area contributed by atoms with Crippen LogP contribution in [-0.4, -0.2) is 46.0 Å². The van der Waals surface area contributed by atoms with E-state index in [4.69, 9.17) is 9.47 Å². The number of anilines is 1. The van der Waals surface area contributed by atoms with Gasteiger partial charge in [-0.15, -0.1) is 0 Å². The maximum atomic E-state index is 13.6. The third-order valence-electron chi connectivity index (χ3n) is 4.85. The zero-order valence-corrected chi connectivity index (χ0v) is 17.8. The van der Waals surface area contributed by atoms with Gasteiger partial charge in [0.2, 0.25) is 5.78 Å². The minimum atomic E-state index is -0.928. The second kappa shape index (κ2) is 9.21. The Morgan fingerprint density at radius 1 is 0.806 bits per heavy atom. The number of fused-ring (bicyclic) bond motifs is 1. The van der Waals surface area contributed by atoms with E-state index in [0.717, 1.165) is 18.2 Å². The molecule has 0 N–H and O–H groups in total. The lowest BCUT2D eigenvalue weighted by atomic mass is 9.96. The molecule has 2 aromatic carbocycles. The van der Waals surface area contributed by atoms with Crippen molar-refractivity contribution in [3.05, 3.63) is 78.1 Å². The highest BCUT2D eigenvalue weighted by molar-refractivity contribution is 6.34. The number of esters is 2. The highest BCUT2D eigenvalue weighted by Gasteiger charge is 2.37. The molecule has 1 aromatic heterocycles. The van der Waals surface area contributed by atoms with E-state index >= 15 is 0 Å². The fourth-order valence-corrected chi connectivity index (χ4v) is 3.26. The van der Waals surface area contributed by atoms with Crippen LogP contribution in [0.1, 0.15) is 10.4 Å². The summed E-state index contributed by atoms with van der Waals surface area (Å²) in [6.45, 7) is 0. The van der Waals surface area contributed by atoms with Crippen LogP contribution in [0.5, 0.6) is 0 Å². The molecule has 0 bridgehead atoms. The van der Waals surface area contributed by atoms with Gasteiger partial charge in [0.05, 0.1) is 14.2 Å². The third kappa shape index (κ3) is 4.30. The summed E-state index contributed by atoms with van der Waals surface area (Å²) in [6, 6.07) is 16.0. The lowest BCUT2D eigenvalue weighted by molar-refractivity contribution is -0.578. The molecule has 0 radical (unpaired) electrons. The van der Waals surface area contributed by atoms with Crippen molar-refractivity contribution in [2.75, 3.05) is 33.2 Å². The lowest BCUT2D eigenvalue weighted by Crippen LogP contribution is -2.40. The number of carbonyl (C=O) groups excluding carboxylic acids is 3. The number of hydrogen-bond donors (Lipinski definition) is 0. The summed E-state index contributed by atoms with van der Waals surface area (Å²) in [7, 11) is 6.10. The van der Waals surface area contributed by atoms with Crippen molar-refractivity contribution in [3.8, 4) is 0 Å². The van der Waals surface area contributed by atoms with E-state index < -0.39 is 23.3 Å². The van der Waals surface area contributed by atoms with Crippen LogP contribution >= 0.6 is 0 Å². The van der Waals surface area contributed by atoms with Crippen LogP contribution in [0.25, 0.3) is 16.5 Å². The molecule has 0 fully saturated rings. The summed E-state index contributed by atoms with van der Waals surface area (Å²) in [5, 5.41) is 1.49. The van der Waals surface area contributed by atoms with Gasteiger partial charge in [-0.3, -0.25) is 4.79 Å². The summed E-state index contributed by atoms with van der Waals surface area (Å²) in [5.74, 6) is -2.40. The first-order valence-corrected chi connectivity index (χ1v) is 9.51. The van der Waals surface area contributed by atoms with Gasteiger partial charge in [0.15, 0.2) is 18.0 Å². The molecular weight excluding hydrogens is 396 g/mol. The molecule has 158 valence electrons. The monoisotopic (exact) mass is 419 g/mol. The van der Waals surface area contributed by atoms with Crippen molar-refractivity contribution in [1.29, 1.82) is 0 Å². The normalized spacial score (nSPS) is 11.5. The second-order valence-corrected chi connectivity index (χ2v) is 6.92.